The van der Waals surface area contributed by atoms with Crippen LogP contribution in [0.3, 0.4) is 0 Å². The largest absolute Gasteiger partial charge is 0.372 e. The van der Waals surface area contributed by atoms with Crippen molar-refractivity contribution >= 4 is 29.1 Å². The Balaban J connectivity index is 1.61. The summed E-state index contributed by atoms with van der Waals surface area (Å²) in [6.45, 7) is 1.05. The van der Waals surface area contributed by atoms with Crippen LogP contribution in [0, 0.1) is 11.6 Å². The Morgan fingerprint density at radius 2 is 1.96 bits per heavy atom. The minimum Gasteiger partial charge on any atom is -0.372 e. The fourth-order valence-corrected chi connectivity index (χ4v) is 3.21. The quantitative estimate of drug-likeness (QED) is 0.716. The third-order valence-corrected chi connectivity index (χ3v) is 5.06. The second kappa shape index (κ2) is 8.33. The summed E-state index contributed by atoms with van der Waals surface area (Å²) in [6.07, 6.45) is 1.34. The van der Waals surface area contributed by atoms with Gasteiger partial charge in [0.2, 0.25) is 0 Å². The predicted molar refractivity (Wildman–Crippen MR) is 96.5 cm³/mol. The first-order valence-corrected chi connectivity index (χ1v) is 8.99. The summed E-state index contributed by atoms with van der Waals surface area (Å²) in [5.74, 6) is -1.41. The van der Waals surface area contributed by atoms with Gasteiger partial charge in [-0.3, -0.25) is 4.79 Å². The highest BCUT2D eigenvalue weighted by Crippen LogP contribution is 2.24. The Labute approximate surface area is 160 Å². The molecule has 1 aliphatic heterocycles. The van der Waals surface area contributed by atoms with E-state index in [-0.39, 0.29) is 18.6 Å². The minimum atomic E-state index is -0.635. The molecule has 2 aromatic carbocycles. The summed E-state index contributed by atoms with van der Waals surface area (Å²) in [7, 11) is 0. The normalized spacial score (nSPS) is 17.4. The molecule has 0 spiro atoms. The lowest BCUT2D eigenvalue weighted by Crippen LogP contribution is -2.43. The molecule has 26 heavy (non-hydrogen) atoms. The monoisotopic (exact) mass is 399 g/mol. The fraction of sp³-hybridized carbons (Fsp3) is 0.316. The number of amides is 1. The Morgan fingerprint density at radius 3 is 2.69 bits per heavy atom. The number of halogens is 4. The standard InChI is InChI=1S/C19H17Cl2F2NO2/c20-16-6-4-12(8-17(16)21)19(25)24-7-1-2-15(10-24)26-11-13-3-5-14(22)9-18(13)23/h3-6,8-9,15H,1-2,7,10-11H2. The molecular weight excluding hydrogens is 383 g/mol. The van der Waals surface area contributed by atoms with Gasteiger partial charge in [0.15, 0.2) is 0 Å². The predicted octanol–water partition coefficient (Wildman–Crippen LogP) is 5.09. The first-order chi connectivity index (χ1) is 12.4. The smallest absolute Gasteiger partial charge is 0.253 e. The molecule has 1 fully saturated rings. The van der Waals surface area contributed by atoms with Crippen LogP contribution < -0.4 is 0 Å². The average Bonchev–Trinajstić information content (AvgIpc) is 2.63. The van der Waals surface area contributed by atoms with Crippen LogP contribution in [0.5, 0.6) is 0 Å². The molecule has 7 heteroatoms. The van der Waals surface area contributed by atoms with Crippen molar-refractivity contribution in [3.8, 4) is 0 Å². The number of hydrogen-bond donors (Lipinski definition) is 0. The van der Waals surface area contributed by atoms with Crippen LogP contribution in [-0.2, 0) is 11.3 Å². The van der Waals surface area contributed by atoms with E-state index in [1.54, 1.807) is 23.1 Å². The number of hydrogen-bond acceptors (Lipinski definition) is 2. The van der Waals surface area contributed by atoms with Crippen LogP contribution in [0.15, 0.2) is 36.4 Å². The van der Waals surface area contributed by atoms with E-state index in [2.05, 4.69) is 0 Å². The molecule has 138 valence electrons. The SMILES string of the molecule is O=C(c1ccc(Cl)c(Cl)c1)N1CCCC(OCc2ccc(F)cc2F)C1. The molecule has 1 unspecified atom stereocenters. The van der Waals surface area contributed by atoms with Crippen molar-refractivity contribution in [2.75, 3.05) is 13.1 Å². The third kappa shape index (κ3) is 4.53. The van der Waals surface area contributed by atoms with Crippen molar-refractivity contribution in [1.29, 1.82) is 0 Å². The molecule has 0 bridgehead atoms. The molecule has 0 N–H and O–H groups in total. The zero-order chi connectivity index (χ0) is 18.7. The van der Waals surface area contributed by atoms with Crippen LogP contribution in [0.4, 0.5) is 8.78 Å². The van der Waals surface area contributed by atoms with Crippen LogP contribution in [-0.4, -0.2) is 30.0 Å². The molecular formula is C19H17Cl2F2NO2. The van der Waals surface area contributed by atoms with Crippen molar-refractivity contribution < 1.29 is 18.3 Å². The van der Waals surface area contributed by atoms with Crippen molar-refractivity contribution in [2.24, 2.45) is 0 Å². The molecule has 1 atom stereocenters. The number of benzene rings is 2. The van der Waals surface area contributed by atoms with E-state index in [9.17, 15) is 13.6 Å². The summed E-state index contributed by atoms with van der Waals surface area (Å²) < 4.78 is 32.4. The van der Waals surface area contributed by atoms with E-state index in [4.69, 9.17) is 27.9 Å². The molecule has 1 aliphatic rings. The van der Waals surface area contributed by atoms with Gasteiger partial charge in [-0.25, -0.2) is 8.78 Å². The second-order valence-corrected chi connectivity index (χ2v) is 7.01. The zero-order valence-corrected chi connectivity index (χ0v) is 15.4. The van der Waals surface area contributed by atoms with Gasteiger partial charge in [-0.15, -0.1) is 0 Å². The lowest BCUT2D eigenvalue weighted by atomic mass is 10.1. The van der Waals surface area contributed by atoms with Gasteiger partial charge in [0, 0.05) is 30.3 Å². The highest BCUT2D eigenvalue weighted by atomic mass is 35.5. The van der Waals surface area contributed by atoms with E-state index in [1.165, 1.54) is 12.1 Å². The maximum absolute atomic E-state index is 13.7. The molecule has 1 saturated heterocycles. The highest BCUT2D eigenvalue weighted by Gasteiger charge is 2.25. The summed E-state index contributed by atoms with van der Waals surface area (Å²) >= 11 is 11.9. The summed E-state index contributed by atoms with van der Waals surface area (Å²) in [4.78, 5) is 14.3. The number of rotatable bonds is 4. The first kappa shape index (κ1) is 19.1. The number of likely N-dealkylation sites (tertiary alicyclic amines) is 1. The molecule has 0 aliphatic carbocycles. The van der Waals surface area contributed by atoms with E-state index < -0.39 is 11.6 Å². The molecule has 0 radical (unpaired) electrons. The Bertz CT molecular complexity index is 816. The van der Waals surface area contributed by atoms with E-state index in [0.29, 0.717) is 34.3 Å². The molecule has 3 nitrogen and oxygen atoms in total. The van der Waals surface area contributed by atoms with Gasteiger partial charge in [-0.2, -0.15) is 0 Å². The molecule has 1 heterocycles. The maximum Gasteiger partial charge on any atom is 0.253 e. The van der Waals surface area contributed by atoms with Gasteiger partial charge >= 0.3 is 0 Å². The summed E-state index contributed by atoms with van der Waals surface area (Å²) in [5.41, 5.74) is 0.754. The van der Waals surface area contributed by atoms with Crippen molar-refractivity contribution in [3.63, 3.8) is 0 Å². The first-order valence-electron chi connectivity index (χ1n) is 8.24. The van der Waals surface area contributed by atoms with Crippen molar-refractivity contribution in [2.45, 2.75) is 25.6 Å². The maximum atomic E-state index is 13.7. The molecule has 0 saturated carbocycles. The number of carbonyl (C=O) groups excluding carboxylic acids is 1. The summed E-state index contributed by atoms with van der Waals surface area (Å²) in [5, 5.41) is 0.721. The fourth-order valence-electron chi connectivity index (χ4n) is 2.92. The number of ether oxygens (including phenoxy) is 1. The van der Waals surface area contributed by atoms with Gasteiger partial charge in [0.05, 0.1) is 22.8 Å². The topological polar surface area (TPSA) is 29.5 Å². The van der Waals surface area contributed by atoms with E-state index in [1.807, 2.05) is 0 Å². The lowest BCUT2D eigenvalue weighted by molar-refractivity contribution is -0.00764. The summed E-state index contributed by atoms with van der Waals surface area (Å²) in [6, 6.07) is 8.17. The van der Waals surface area contributed by atoms with Crippen molar-refractivity contribution in [1.82, 2.24) is 4.90 Å². The molecule has 2 aromatic rings. The van der Waals surface area contributed by atoms with Gasteiger partial charge in [-0.05, 0) is 37.1 Å². The van der Waals surface area contributed by atoms with Crippen molar-refractivity contribution in [3.05, 3.63) is 69.2 Å². The highest BCUT2D eigenvalue weighted by molar-refractivity contribution is 6.42. The lowest BCUT2D eigenvalue weighted by Gasteiger charge is -2.33. The van der Waals surface area contributed by atoms with Gasteiger partial charge in [-0.1, -0.05) is 29.3 Å². The third-order valence-electron chi connectivity index (χ3n) is 4.32. The van der Waals surface area contributed by atoms with Gasteiger partial charge in [0.1, 0.15) is 11.6 Å². The Kier molecular flexibility index (Phi) is 6.12. The second-order valence-electron chi connectivity index (χ2n) is 6.19. The number of nitrogens with zero attached hydrogens (tertiary/aromatic N) is 1. The molecule has 0 aromatic heterocycles. The Morgan fingerprint density at radius 1 is 1.15 bits per heavy atom. The van der Waals surface area contributed by atoms with Crippen LogP contribution >= 0.6 is 23.2 Å². The van der Waals surface area contributed by atoms with Crippen LogP contribution in [0.1, 0.15) is 28.8 Å². The number of carbonyl (C=O) groups is 1. The van der Waals surface area contributed by atoms with Gasteiger partial charge in [0.25, 0.3) is 5.91 Å². The average molecular weight is 400 g/mol. The Hall–Kier alpha value is -1.69. The number of piperidine rings is 1. The molecule has 3 rings (SSSR count). The zero-order valence-electron chi connectivity index (χ0n) is 13.9. The molecule has 1 amide bonds. The van der Waals surface area contributed by atoms with E-state index >= 15 is 0 Å². The van der Waals surface area contributed by atoms with E-state index in [0.717, 1.165) is 18.9 Å². The van der Waals surface area contributed by atoms with Crippen LogP contribution in [0.25, 0.3) is 0 Å². The van der Waals surface area contributed by atoms with Gasteiger partial charge < -0.3 is 9.64 Å². The minimum absolute atomic E-state index is 0.0333. The van der Waals surface area contributed by atoms with Crippen LogP contribution in [0.2, 0.25) is 10.0 Å².